The number of aromatic nitrogens is 4. The van der Waals surface area contributed by atoms with Crippen LogP contribution in [0.3, 0.4) is 0 Å². The molecule has 0 bridgehead atoms. The van der Waals surface area contributed by atoms with Crippen molar-refractivity contribution in [3.8, 4) is 22.5 Å². The van der Waals surface area contributed by atoms with Crippen LogP contribution in [-0.2, 0) is 0 Å². The van der Waals surface area contributed by atoms with Crippen LogP contribution >= 0.6 is 0 Å². The summed E-state index contributed by atoms with van der Waals surface area (Å²) in [5, 5.41) is 7.15. The third kappa shape index (κ3) is 4.23. The standard InChI is InChI=1S/C26H30N6/c1-3-27-21-10-12-22(13-11-21)30-26-29-15-18(2)25(31-26)23-16-28-24-14-9-20(17-32(23)24)19-7-5-4-6-8-19/h4-9,14-17,21-22,27H,3,10-13H2,1-2H3,(H,29,30,31)/t21-,22-. The Bertz CT molecular complexity index is 1190. The number of hydrogen-bond donors (Lipinski definition) is 2. The number of anilines is 1. The van der Waals surface area contributed by atoms with Crippen molar-refractivity contribution in [3.05, 3.63) is 66.6 Å². The monoisotopic (exact) mass is 426 g/mol. The fraction of sp³-hybridized carbons (Fsp3) is 0.346. The Morgan fingerprint density at radius 2 is 1.69 bits per heavy atom. The van der Waals surface area contributed by atoms with Gasteiger partial charge in [-0.05, 0) is 68.0 Å². The maximum Gasteiger partial charge on any atom is 0.223 e. The summed E-state index contributed by atoms with van der Waals surface area (Å²) < 4.78 is 2.13. The zero-order valence-electron chi connectivity index (χ0n) is 18.8. The number of hydrogen-bond acceptors (Lipinski definition) is 5. The predicted molar refractivity (Wildman–Crippen MR) is 130 cm³/mol. The number of nitrogens with zero attached hydrogens (tertiary/aromatic N) is 4. The molecule has 0 spiro atoms. The van der Waals surface area contributed by atoms with Crippen LogP contribution in [0.1, 0.15) is 38.2 Å². The Kier molecular flexibility index (Phi) is 5.86. The molecule has 6 nitrogen and oxygen atoms in total. The van der Waals surface area contributed by atoms with Crippen LogP contribution in [0.25, 0.3) is 28.2 Å². The van der Waals surface area contributed by atoms with Gasteiger partial charge in [0.05, 0.1) is 17.6 Å². The summed E-state index contributed by atoms with van der Waals surface area (Å²) in [4.78, 5) is 14.1. The van der Waals surface area contributed by atoms with E-state index in [0.29, 0.717) is 18.0 Å². The maximum atomic E-state index is 4.92. The summed E-state index contributed by atoms with van der Waals surface area (Å²) in [7, 11) is 0. The average molecular weight is 427 g/mol. The zero-order valence-corrected chi connectivity index (χ0v) is 18.8. The lowest BCUT2D eigenvalue weighted by Gasteiger charge is -2.29. The molecular formula is C26H30N6. The van der Waals surface area contributed by atoms with E-state index in [1.54, 1.807) is 0 Å². The largest absolute Gasteiger partial charge is 0.351 e. The maximum absolute atomic E-state index is 4.92. The van der Waals surface area contributed by atoms with Crippen LogP contribution in [-0.4, -0.2) is 38.0 Å². The van der Waals surface area contributed by atoms with Gasteiger partial charge in [0.2, 0.25) is 5.95 Å². The van der Waals surface area contributed by atoms with Crippen molar-refractivity contribution < 1.29 is 0 Å². The molecule has 6 heteroatoms. The molecule has 0 unspecified atom stereocenters. The lowest BCUT2D eigenvalue weighted by atomic mass is 9.91. The van der Waals surface area contributed by atoms with Gasteiger partial charge in [-0.2, -0.15) is 0 Å². The first kappa shape index (κ1) is 20.6. The Morgan fingerprint density at radius 1 is 0.906 bits per heavy atom. The van der Waals surface area contributed by atoms with Crippen LogP contribution in [0.2, 0.25) is 0 Å². The van der Waals surface area contributed by atoms with E-state index in [0.717, 1.165) is 47.5 Å². The van der Waals surface area contributed by atoms with Gasteiger partial charge in [0, 0.05) is 24.5 Å². The highest BCUT2D eigenvalue weighted by molar-refractivity contribution is 5.69. The van der Waals surface area contributed by atoms with Crippen molar-refractivity contribution in [2.75, 3.05) is 11.9 Å². The number of benzene rings is 1. The number of rotatable bonds is 6. The highest BCUT2D eigenvalue weighted by Gasteiger charge is 2.21. The molecule has 1 aromatic carbocycles. The van der Waals surface area contributed by atoms with Crippen LogP contribution in [0.5, 0.6) is 0 Å². The molecule has 3 aromatic heterocycles. The predicted octanol–water partition coefficient (Wildman–Crippen LogP) is 5.10. The van der Waals surface area contributed by atoms with E-state index in [2.05, 4.69) is 81.4 Å². The first-order valence-electron chi connectivity index (χ1n) is 11.6. The first-order chi connectivity index (χ1) is 15.7. The lowest BCUT2D eigenvalue weighted by Crippen LogP contribution is -2.37. The summed E-state index contributed by atoms with van der Waals surface area (Å²) in [6, 6.07) is 15.7. The fourth-order valence-electron chi connectivity index (χ4n) is 4.64. The fourth-order valence-corrected chi connectivity index (χ4v) is 4.64. The minimum Gasteiger partial charge on any atom is -0.351 e. The van der Waals surface area contributed by atoms with Gasteiger partial charge in [0.25, 0.3) is 0 Å². The van der Waals surface area contributed by atoms with Gasteiger partial charge in [-0.15, -0.1) is 0 Å². The number of aryl methyl sites for hydroxylation is 1. The Morgan fingerprint density at radius 3 is 2.47 bits per heavy atom. The minimum absolute atomic E-state index is 0.423. The second kappa shape index (κ2) is 9.09. The molecule has 5 rings (SSSR count). The third-order valence-electron chi connectivity index (χ3n) is 6.38. The Hall–Kier alpha value is -3.25. The van der Waals surface area contributed by atoms with E-state index in [1.165, 1.54) is 18.4 Å². The number of imidazole rings is 1. The molecule has 1 fully saturated rings. The molecule has 164 valence electrons. The summed E-state index contributed by atoms with van der Waals surface area (Å²) in [6.45, 7) is 5.27. The average Bonchev–Trinajstić information content (AvgIpc) is 3.25. The molecule has 0 aliphatic heterocycles. The summed E-state index contributed by atoms with van der Waals surface area (Å²) in [5.74, 6) is 0.701. The normalized spacial score (nSPS) is 18.7. The molecule has 0 radical (unpaired) electrons. The molecule has 1 aliphatic rings. The SMILES string of the molecule is CCN[C@H]1CC[C@H](Nc2ncc(C)c(-c3cnc4ccc(-c5ccccc5)cn34)n2)CC1. The van der Waals surface area contributed by atoms with Crippen LogP contribution in [0, 0.1) is 6.92 Å². The first-order valence-corrected chi connectivity index (χ1v) is 11.6. The van der Waals surface area contributed by atoms with E-state index in [4.69, 9.17) is 4.98 Å². The molecule has 3 heterocycles. The number of fused-ring (bicyclic) bond motifs is 1. The van der Waals surface area contributed by atoms with E-state index < -0.39 is 0 Å². The van der Waals surface area contributed by atoms with Gasteiger partial charge in [-0.1, -0.05) is 37.3 Å². The van der Waals surface area contributed by atoms with Crippen LogP contribution < -0.4 is 10.6 Å². The summed E-state index contributed by atoms with van der Waals surface area (Å²) >= 11 is 0. The second-order valence-electron chi connectivity index (χ2n) is 8.63. The molecule has 32 heavy (non-hydrogen) atoms. The van der Waals surface area contributed by atoms with E-state index in [-0.39, 0.29) is 0 Å². The second-order valence-corrected chi connectivity index (χ2v) is 8.63. The van der Waals surface area contributed by atoms with E-state index in [9.17, 15) is 0 Å². The molecule has 1 saturated carbocycles. The molecular weight excluding hydrogens is 396 g/mol. The summed E-state index contributed by atoms with van der Waals surface area (Å²) in [5.41, 5.74) is 6.19. The van der Waals surface area contributed by atoms with Gasteiger partial charge >= 0.3 is 0 Å². The number of nitrogens with one attached hydrogen (secondary N) is 2. The minimum atomic E-state index is 0.423. The van der Waals surface area contributed by atoms with Crippen molar-refractivity contribution in [2.45, 2.75) is 51.6 Å². The topological polar surface area (TPSA) is 67.1 Å². The van der Waals surface area contributed by atoms with E-state index in [1.807, 2.05) is 18.5 Å². The summed E-state index contributed by atoms with van der Waals surface area (Å²) in [6.07, 6.45) is 10.6. The van der Waals surface area contributed by atoms with Crippen molar-refractivity contribution >= 4 is 11.6 Å². The molecule has 4 aromatic rings. The van der Waals surface area contributed by atoms with Crippen molar-refractivity contribution in [3.63, 3.8) is 0 Å². The highest BCUT2D eigenvalue weighted by atomic mass is 15.1. The third-order valence-corrected chi connectivity index (χ3v) is 6.38. The molecule has 0 atom stereocenters. The van der Waals surface area contributed by atoms with Gasteiger partial charge in [-0.25, -0.2) is 15.0 Å². The smallest absolute Gasteiger partial charge is 0.223 e. The van der Waals surface area contributed by atoms with Crippen LogP contribution in [0.15, 0.2) is 61.1 Å². The molecule has 0 saturated heterocycles. The number of pyridine rings is 1. The van der Waals surface area contributed by atoms with Gasteiger partial charge in [0.15, 0.2) is 0 Å². The van der Waals surface area contributed by atoms with Gasteiger partial charge in [0.1, 0.15) is 5.65 Å². The van der Waals surface area contributed by atoms with Crippen LogP contribution in [0.4, 0.5) is 5.95 Å². The highest BCUT2D eigenvalue weighted by Crippen LogP contribution is 2.27. The lowest BCUT2D eigenvalue weighted by molar-refractivity contribution is 0.359. The Balaban J connectivity index is 1.42. The van der Waals surface area contributed by atoms with Crippen molar-refractivity contribution in [1.29, 1.82) is 0 Å². The Labute approximate surface area is 189 Å². The molecule has 1 aliphatic carbocycles. The molecule has 0 amide bonds. The quantitative estimate of drug-likeness (QED) is 0.449. The molecule has 2 N–H and O–H groups in total. The van der Waals surface area contributed by atoms with E-state index >= 15 is 0 Å². The van der Waals surface area contributed by atoms with Gasteiger partial charge < -0.3 is 10.6 Å². The van der Waals surface area contributed by atoms with Crippen molar-refractivity contribution in [1.82, 2.24) is 24.7 Å². The van der Waals surface area contributed by atoms with Gasteiger partial charge in [-0.3, -0.25) is 4.40 Å². The van der Waals surface area contributed by atoms with Crippen molar-refractivity contribution in [2.24, 2.45) is 0 Å². The zero-order chi connectivity index (χ0) is 21.9.